The highest BCUT2D eigenvalue weighted by atomic mass is 15.5. The highest BCUT2D eigenvalue weighted by Gasteiger charge is 2.28. The maximum Gasteiger partial charge on any atom is 0.181 e. The molecule has 1 rings (SSSR count). The molecule has 0 aromatic carbocycles. The molecule has 0 saturated carbocycles. The summed E-state index contributed by atoms with van der Waals surface area (Å²) in [6.07, 6.45) is 2.97. The van der Waals surface area contributed by atoms with E-state index >= 15 is 0 Å². The zero-order valence-corrected chi connectivity index (χ0v) is 11.5. The number of nitrogens with zero attached hydrogens (tertiary/aromatic N) is 2. The largest absolute Gasteiger partial charge is 0.290 e. The lowest BCUT2D eigenvalue weighted by Gasteiger charge is -2.42. The predicted octanol–water partition coefficient (Wildman–Crippen LogP) is -0.968. The Morgan fingerprint density at radius 3 is 2.00 bits per heavy atom. The molecule has 1 aliphatic heterocycles. The molecule has 0 amide bonds. The first-order chi connectivity index (χ1) is 8.74. The summed E-state index contributed by atoms with van der Waals surface area (Å²) in [5.41, 5.74) is 0. The molecule has 0 aromatic heterocycles. The van der Waals surface area contributed by atoms with Crippen LogP contribution in [0.2, 0.25) is 0 Å². The summed E-state index contributed by atoms with van der Waals surface area (Å²) >= 11 is 0. The molecule has 7 heteroatoms. The van der Waals surface area contributed by atoms with Crippen LogP contribution in [0.4, 0.5) is 0 Å². The Morgan fingerprint density at radius 2 is 1.61 bits per heavy atom. The van der Waals surface area contributed by atoms with Crippen LogP contribution in [0.25, 0.3) is 0 Å². The van der Waals surface area contributed by atoms with Crippen LogP contribution < -0.4 is 26.6 Å². The van der Waals surface area contributed by atoms with Crippen molar-refractivity contribution >= 4 is 0 Å². The molecule has 104 valence electrons. The number of nitriles is 1. The molecular weight excluding hydrogens is 230 g/mol. The highest BCUT2D eigenvalue weighted by molar-refractivity contribution is 4.86. The maximum atomic E-state index is 9.18. The lowest BCUT2D eigenvalue weighted by atomic mass is 10.4. The summed E-state index contributed by atoms with van der Waals surface area (Å²) in [6, 6.07) is 0. The quantitative estimate of drug-likeness (QED) is 0.296. The van der Waals surface area contributed by atoms with Crippen molar-refractivity contribution in [2.45, 2.75) is 46.1 Å². The minimum absolute atomic E-state index is 0.0157. The van der Waals surface area contributed by atoms with Crippen LogP contribution >= 0.6 is 0 Å². The summed E-state index contributed by atoms with van der Waals surface area (Å²) < 4.78 is 0. The monoisotopic (exact) mass is 255 g/mol. The Labute approximate surface area is 109 Å². The predicted molar refractivity (Wildman–Crippen MR) is 70.7 cm³/mol. The van der Waals surface area contributed by atoms with Gasteiger partial charge in [-0.15, -0.1) is 0 Å². The van der Waals surface area contributed by atoms with Crippen molar-refractivity contribution in [3.63, 3.8) is 0 Å². The van der Waals surface area contributed by atoms with E-state index in [9.17, 15) is 5.26 Å². The summed E-state index contributed by atoms with van der Waals surface area (Å²) in [5, 5.41) is 25.7. The summed E-state index contributed by atoms with van der Waals surface area (Å²) in [7, 11) is 0. The lowest BCUT2D eigenvalue weighted by molar-refractivity contribution is 0.0766. The first-order valence-electron chi connectivity index (χ1n) is 6.66. The van der Waals surface area contributed by atoms with Gasteiger partial charge in [0, 0.05) is 6.54 Å². The molecule has 0 aliphatic carbocycles. The molecule has 18 heavy (non-hydrogen) atoms. The van der Waals surface area contributed by atoms with Crippen molar-refractivity contribution in [3.05, 3.63) is 0 Å². The van der Waals surface area contributed by atoms with Gasteiger partial charge in [-0.1, -0.05) is 20.8 Å². The van der Waals surface area contributed by atoms with Gasteiger partial charge >= 0.3 is 0 Å². The van der Waals surface area contributed by atoms with Gasteiger partial charge in [-0.25, -0.2) is 0 Å². The van der Waals surface area contributed by atoms with E-state index in [4.69, 9.17) is 0 Å². The van der Waals surface area contributed by atoms with Gasteiger partial charge in [0.05, 0.1) is 0 Å². The van der Waals surface area contributed by atoms with Crippen LogP contribution in [0.3, 0.4) is 0 Å². The Kier molecular flexibility index (Phi) is 6.93. The standard InChI is InChI=1S/C11H25N7/c1-4-7-18(8-12)11-16-9(13-5-2)15-10(17-11)14-6-3/h9-11,13-17H,4-7H2,1-3H3/t9-,10-/m1/s1. The second-order valence-corrected chi connectivity index (χ2v) is 4.18. The molecular formula is C11H25N7. The first kappa shape index (κ1) is 15.1. The van der Waals surface area contributed by atoms with Gasteiger partial charge in [-0.05, 0) is 19.5 Å². The SMILES string of the molecule is CCCN(C#N)C1N[C@H](NCC)N[C@@H](NCC)N1. The van der Waals surface area contributed by atoms with Crippen molar-refractivity contribution in [2.24, 2.45) is 0 Å². The van der Waals surface area contributed by atoms with Crippen LogP contribution in [-0.4, -0.2) is 43.4 Å². The summed E-state index contributed by atoms with van der Waals surface area (Å²) in [5.74, 6) is 0. The fourth-order valence-corrected chi connectivity index (χ4v) is 1.93. The highest BCUT2D eigenvalue weighted by Crippen LogP contribution is 1.99. The third kappa shape index (κ3) is 4.40. The zero-order chi connectivity index (χ0) is 13.4. The van der Waals surface area contributed by atoms with E-state index in [1.54, 1.807) is 4.90 Å². The molecule has 1 fully saturated rings. The van der Waals surface area contributed by atoms with Gasteiger partial charge < -0.3 is 0 Å². The van der Waals surface area contributed by atoms with E-state index in [1.165, 1.54) is 0 Å². The van der Waals surface area contributed by atoms with Crippen LogP contribution in [0.1, 0.15) is 27.2 Å². The van der Waals surface area contributed by atoms with Gasteiger partial charge in [-0.2, -0.15) is 5.26 Å². The number of rotatable bonds is 7. The second-order valence-electron chi connectivity index (χ2n) is 4.18. The van der Waals surface area contributed by atoms with Crippen molar-refractivity contribution in [2.75, 3.05) is 19.6 Å². The molecule has 1 aliphatic rings. The van der Waals surface area contributed by atoms with E-state index < -0.39 is 0 Å². The average Bonchev–Trinajstić information content (AvgIpc) is 2.36. The van der Waals surface area contributed by atoms with Crippen molar-refractivity contribution in [1.82, 2.24) is 31.5 Å². The maximum absolute atomic E-state index is 9.18. The van der Waals surface area contributed by atoms with Gasteiger partial charge in [0.25, 0.3) is 0 Å². The van der Waals surface area contributed by atoms with Gasteiger partial charge in [0.1, 0.15) is 18.9 Å². The van der Waals surface area contributed by atoms with Crippen LogP contribution in [0.15, 0.2) is 0 Å². The molecule has 1 saturated heterocycles. The van der Waals surface area contributed by atoms with Crippen LogP contribution in [0, 0.1) is 11.5 Å². The third-order valence-corrected chi connectivity index (χ3v) is 2.70. The Balaban J connectivity index is 2.62. The molecule has 2 atom stereocenters. The van der Waals surface area contributed by atoms with Crippen LogP contribution in [-0.2, 0) is 0 Å². The number of hydrogen-bond donors (Lipinski definition) is 5. The molecule has 0 aromatic rings. The Bertz CT molecular complexity index is 251. The molecule has 0 bridgehead atoms. The van der Waals surface area contributed by atoms with E-state index in [1.807, 2.05) is 0 Å². The van der Waals surface area contributed by atoms with Crippen LogP contribution in [0.5, 0.6) is 0 Å². The second kappa shape index (κ2) is 8.24. The van der Waals surface area contributed by atoms with Gasteiger partial charge in [0.15, 0.2) is 6.19 Å². The Morgan fingerprint density at radius 1 is 1.06 bits per heavy atom. The summed E-state index contributed by atoms with van der Waals surface area (Å²) in [4.78, 5) is 1.72. The van der Waals surface area contributed by atoms with E-state index in [-0.39, 0.29) is 18.9 Å². The summed E-state index contributed by atoms with van der Waals surface area (Å²) in [6.45, 7) is 8.62. The van der Waals surface area contributed by atoms with E-state index in [0.717, 1.165) is 26.1 Å². The van der Waals surface area contributed by atoms with Crippen molar-refractivity contribution in [1.29, 1.82) is 5.26 Å². The third-order valence-electron chi connectivity index (χ3n) is 2.70. The molecule has 0 radical (unpaired) electrons. The fraction of sp³-hybridized carbons (Fsp3) is 0.909. The van der Waals surface area contributed by atoms with Crippen molar-refractivity contribution < 1.29 is 0 Å². The number of hydrogen-bond acceptors (Lipinski definition) is 7. The molecule has 0 spiro atoms. The molecule has 0 unspecified atom stereocenters. The van der Waals surface area contributed by atoms with Gasteiger partial charge in [-0.3, -0.25) is 31.5 Å². The average molecular weight is 255 g/mol. The normalized spacial score (nSPS) is 27.8. The lowest BCUT2D eigenvalue weighted by Crippen LogP contribution is -2.77. The molecule has 7 nitrogen and oxygen atoms in total. The minimum atomic E-state index is -0.163. The minimum Gasteiger partial charge on any atom is -0.290 e. The molecule has 5 N–H and O–H groups in total. The van der Waals surface area contributed by atoms with Crippen molar-refractivity contribution in [3.8, 4) is 6.19 Å². The van der Waals surface area contributed by atoms with E-state index in [2.05, 4.69) is 53.5 Å². The number of nitrogens with one attached hydrogen (secondary N) is 5. The van der Waals surface area contributed by atoms with Gasteiger partial charge in [0.2, 0.25) is 0 Å². The zero-order valence-electron chi connectivity index (χ0n) is 11.5. The Hall–Kier alpha value is -0.910. The smallest absolute Gasteiger partial charge is 0.181 e. The topological polar surface area (TPSA) is 87.2 Å². The van der Waals surface area contributed by atoms with E-state index in [0.29, 0.717) is 0 Å². The molecule has 1 heterocycles. The first-order valence-corrected chi connectivity index (χ1v) is 6.66. The fourth-order valence-electron chi connectivity index (χ4n) is 1.93.